The van der Waals surface area contributed by atoms with Crippen LogP contribution in [0.2, 0.25) is 0 Å². The Morgan fingerprint density at radius 2 is 2.05 bits per heavy atom. The number of aromatic hydroxyl groups is 1. The molecule has 3 rings (SSSR count). The van der Waals surface area contributed by atoms with Gasteiger partial charge in [0.05, 0.1) is 4.70 Å². The molecule has 0 saturated carbocycles. The van der Waals surface area contributed by atoms with Crippen LogP contribution in [0.1, 0.15) is 15.9 Å². The lowest BCUT2D eigenvalue weighted by Gasteiger charge is -2.06. The van der Waals surface area contributed by atoms with Crippen molar-refractivity contribution in [3.8, 4) is 5.75 Å². The number of hydrogen-bond donors (Lipinski definition) is 3. The summed E-state index contributed by atoms with van der Waals surface area (Å²) in [5.41, 5.74) is 7.44. The third-order valence-corrected chi connectivity index (χ3v) is 3.88. The van der Waals surface area contributed by atoms with Gasteiger partial charge >= 0.3 is 0 Å². The molecular formula is C15H13N3O2S. The van der Waals surface area contributed by atoms with Crippen molar-refractivity contribution in [3.63, 3.8) is 0 Å². The molecule has 5 nitrogen and oxygen atoms in total. The first kappa shape index (κ1) is 13.4. The average molecular weight is 299 g/mol. The number of carbonyl (C=O) groups is 1. The Morgan fingerprint density at radius 3 is 2.81 bits per heavy atom. The Balaban J connectivity index is 1.81. The number of nitrogens with one attached hydrogen (secondary N) is 1. The number of hydrogen-bond acceptors (Lipinski definition) is 5. The molecule has 0 aliphatic heterocycles. The second-order valence-corrected chi connectivity index (χ2v) is 5.62. The highest BCUT2D eigenvalue weighted by Gasteiger charge is 2.12. The number of phenols is 1. The molecule has 6 heteroatoms. The van der Waals surface area contributed by atoms with Gasteiger partial charge in [-0.2, -0.15) is 0 Å². The summed E-state index contributed by atoms with van der Waals surface area (Å²) in [4.78, 5) is 16.2. The SMILES string of the molecule is Nc1nc2c(O)cc(C(=O)NCc3ccccc3)cc2s1. The zero-order valence-electron chi connectivity index (χ0n) is 11.0. The number of phenolic OH excluding ortho intramolecular Hbond substituents is 1. The summed E-state index contributed by atoms with van der Waals surface area (Å²) in [5.74, 6) is -0.284. The standard InChI is InChI=1S/C15H13N3O2S/c16-15-18-13-11(19)6-10(7-12(13)21-15)14(20)17-8-9-4-2-1-3-5-9/h1-7,19H,8H2,(H2,16,18)(H,17,20). The van der Waals surface area contributed by atoms with E-state index in [1.165, 1.54) is 17.4 Å². The third kappa shape index (κ3) is 2.80. The number of aromatic nitrogens is 1. The van der Waals surface area contributed by atoms with Gasteiger partial charge in [0.1, 0.15) is 11.3 Å². The first-order chi connectivity index (χ1) is 10.1. The van der Waals surface area contributed by atoms with Gasteiger partial charge in [-0.25, -0.2) is 4.98 Å². The summed E-state index contributed by atoms with van der Waals surface area (Å²) < 4.78 is 0.692. The van der Waals surface area contributed by atoms with Gasteiger partial charge in [0.15, 0.2) is 5.13 Å². The topological polar surface area (TPSA) is 88.2 Å². The molecule has 0 unspecified atom stereocenters. The van der Waals surface area contributed by atoms with E-state index in [9.17, 15) is 9.90 Å². The average Bonchev–Trinajstić information content (AvgIpc) is 2.87. The van der Waals surface area contributed by atoms with Crippen molar-refractivity contribution in [2.45, 2.75) is 6.54 Å². The van der Waals surface area contributed by atoms with Gasteiger partial charge in [0, 0.05) is 12.1 Å². The minimum Gasteiger partial charge on any atom is -0.506 e. The van der Waals surface area contributed by atoms with Crippen molar-refractivity contribution >= 4 is 32.6 Å². The molecule has 0 bridgehead atoms. The number of nitrogens with two attached hydrogens (primary N) is 1. The van der Waals surface area contributed by atoms with Crippen molar-refractivity contribution in [2.24, 2.45) is 0 Å². The molecule has 2 aromatic carbocycles. The van der Waals surface area contributed by atoms with Gasteiger partial charge < -0.3 is 16.2 Å². The van der Waals surface area contributed by atoms with Crippen LogP contribution in [0.3, 0.4) is 0 Å². The minimum absolute atomic E-state index is 0.0367. The van der Waals surface area contributed by atoms with Gasteiger partial charge in [0.2, 0.25) is 0 Å². The molecule has 0 aliphatic carbocycles. The Bertz CT molecular complexity index is 799. The highest BCUT2D eigenvalue weighted by molar-refractivity contribution is 7.22. The van der Waals surface area contributed by atoms with E-state index in [0.717, 1.165) is 5.56 Å². The fraction of sp³-hybridized carbons (Fsp3) is 0.0667. The second kappa shape index (κ2) is 5.41. The number of benzene rings is 2. The van der Waals surface area contributed by atoms with E-state index in [2.05, 4.69) is 10.3 Å². The maximum Gasteiger partial charge on any atom is 0.251 e. The van der Waals surface area contributed by atoms with Crippen molar-refractivity contribution in [1.82, 2.24) is 10.3 Å². The predicted octanol–water partition coefficient (Wildman–Crippen LogP) is 2.51. The number of rotatable bonds is 3. The number of anilines is 1. The van der Waals surface area contributed by atoms with Crippen molar-refractivity contribution in [1.29, 1.82) is 0 Å². The van der Waals surface area contributed by atoms with E-state index in [-0.39, 0.29) is 11.7 Å². The smallest absolute Gasteiger partial charge is 0.251 e. The monoisotopic (exact) mass is 299 g/mol. The number of amides is 1. The van der Waals surface area contributed by atoms with Crippen LogP contribution in [-0.4, -0.2) is 16.0 Å². The largest absolute Gasteiger partial charge is 0.506 e. The summed E-state index contributed by atoms with van der Waals surface area (Å²) in [6.07, 6.45) is 0. The molecule has 4 N–H and O–H groups in total. The zero-order chi connectivity index (χ0) is 14.8. The molecule has 0 atom stereocenters. The van der Waals surface area contributed by atoms with E-state index in [1.807, 2.05) is 30.3 Å². The minimum atomic E-state index is -0.247. The molecule has 0 aliphatic rings. The lowest BCUT2D eigenvalue weighted by Crippen LogP contribution is -2.22. The predicted molar refractivity (Wildman–Crippen MR) is 83.3 cm³/mol. The summed E-state index contributed by atoms with van der Waals surface area (Å²) in [6, 6.07) is 12.7. The van der Waals surface area contributed by atoms with Gasteiger partial charge in [0.25, 0.3) is 5.91 Å². The summed E-state index contributed by atoms with van der Waals surface area (Å²) >= 11 is 1.24. The van der Waals surface area contributed by atoms with E-state index < -0.39 is 0 Å². The van der Waals surface area contributed by atoms with Crippen LogP contribution in [0, 0.1) is 0 Å². The molecule has 0 radical (unpaired) electrons. The molecule has 0 saturated heterocycles. The van der Waals surface area contributed by atoms with Gasteiger partial charge in [-0.3, -0.25) is 4.79 Å². The fourth-order valence-electron chi connectivity index (χ4n) is 2.04. The van der Waals surface area contributed by atoms with Gasteiger partial charge in [-0.1, -0.05) is 41.7 Å². The number of nitrogen functional groups attached to an aromatic ring is 1. The van der Waals surface area contributed by atoms with Crippen LogP contribution in [0.5, 0.6) is 5.75 Å². The molecule has 0 fully saturated rings. The third-order valence-electron chi connectivity index (χ3n) is 3.05. The Kier molecular flexibility index (Phi) is 3.45. The van der Waals surface area contributed by atoms with Crippen LogP contribution in [0.4, 0.5) is 5.13 Å². The van der Waals surface area contributed by atoms with E-state index in [0.29, 0.717) is 27.5 Å². The Hall–Kier alpha value is -2.60. The molecule has 1 amide bonds. The number of fused-ring (bicyclic) bond motifs is 1. The van der Waals surface area contributed by atoms with Crippen molar-refractivity contribution in [2.75, 3.05) is 5.73 Å². The van der Waals surface area contributed by atoms with Crippen LogP contribution in [0.15, 0.2) is 42.5 Å². The summed E-state index contributed by atoms with van der Waals surface area (Å²) in [7, 11) is 0. The number of nitrogens with zero attached hydrogens (tertiary/aromatic N) is 1. The second-order valence-electron chi connectivity index (χ2n) is 4.56. The van der Waals surface area contributed by atoms with Crippen LogP contribution < -0.4 is 11.1 Å². The van der Waals surface area contributed by atoms with Gasteiger partial charge in [-0.15, -0.1) is 0 Å². The Labute approximate surface area is 125 Å². The lowest BCUT2D eigenvalue weighted by molar-refractivity contribution is 0.0950. The van der Waals surface area contributed by atoms with Crippen molar-refractivity contribution < 1.29 is 9.90 Å². The first-order valence-electron chi connectivity index (χ1n) is 6.34. The zero-order valence-corrected chi connectivity index (χ0v) is 11.9. The molecule has 1 aromatic heterocycles. The van der Waals surface area contributed by atoms with E-state index in [4.69, 9.17) is 5.73 Å². The van der Waals surface area contributed by atoms with Gasteiger partial charge in [-0.05, 0) is 17.7 Å². The number of thiazole rings is 1. The molecule has 21 heavy (non-hydrogen) atoms. The van der Waals surface area contributed by atoms with Crippen LogP contribution in [0.25, 0.3) is 10.2 Å². The maximum absolute atomic E-state index is 12.2. The molecule has 106 valence electrons. The highest BCUT2D eigenvalue weighted by Crippen LogP contribution is 2.31. The quantitative estimate of drug-likeness (QED) is 0.693. The van der Waals surface area contributed by atoms with Crippen molar-refractivity contribution in [3.05, 3.63) is 53.6 Å². The van der Waals surface area contributed by atoms with E-state index in [1.54, 1.807) is 6.07 Å². The maximum atomic E-state index is 12.2. The Morgan fingerprint density at radius 1 is 1.29 bits per heavy atom. The normalized spacial score (nSPS) is 10.7. The number of carbonyl (C=O) groups excluding carboxylic acids is 1. The molecule has 1 heterocycles. The molecule has 0 spiro atoms. The molecule has 3 aromatic rings. The fourth-order valence-corrected chi connectivity index (χ4v) is 2.84. The molecular weight excluding hydrogens is 286 g/mol. The first-order valence-corrected chi connectivity index (χ1v) is 7.16. The van der Waals surface area contributed by atoms with Crippen LogP contribution in [-0.2, 0) is 6.54 Å². The van der Waals surface area contributed by atoms with E-state index >= 15 is 0 Å². The van der Waals surface area contributed by atoms with Crippen LogP contribution >= 0.6 is 11.3 Å². The summed E-state index contributed by atoms with van der Waals surface area (Å²) in [5, 5.41) is 13.1. The highest BCUT2D eigenvalue weighted by atomic mass is 32.1. The summed E-state index contributed by atoms with van der Waals surface area (Å²) in [6.45, 7) is 0.434. The lowest BCUT2D eigenvalue weighted by atomic mass is 10.1.